The van der Waals surface area contributed by atoms with E-state index in [1.54, 1.807) is 7.11 Å². The van der Waals surface area contributed by atoms with Crippen molar-refractivity contribution in [3.05, 3.63) is 29.8 Å². The summed E-state index contributed by atoms with van der Waals surface area (Å²) in [6, 6.07) is 8.62. The molecule has 0 aliphatic heterocycles. The predicted molar refractivity (Wildman–Crippen MR) is 83.3 cm³/mol. The van der Waals surface area contributed by atoms with Crippen LogP contribution in [0.25, 0.3) is 0 Å². The molecular formula is C16H25N3O. The number of benzene rings is 1. The average Bonchev–Trinajstić information content (AvgIpc) is 2.31. The van der Waals surface area contributed by atoms with Crippen molar-refractivity contribution in [2.75, 3.05) is 7.11 Å². The zero-order valence-electron chi connectivity index (χ0n) is 12.8. The number of nitrogens with one attached hydrogen (secondary N) is 1. The molecule has 1 saturated carbocycles. The molecule has 110 valence electrons. The Kier molecular flexibility index (Phi) is 4.21. The van der Waals surface area contributed by atoms with Crippen molar-refractivity contribution in [3.8, 4) is 5.75 Å². The number of nitrogens with two attached hydrogens (primary N) is 1. The van der Waals surface area contributed by atoms with Gasteiger partial charge >= 0.3 is 0 Å². The molecule has 0 spiro atoms. The molecule has 0 heterocycles. The zero-order valence-corrected chi connectivity index (χ0v) is 12.8. The van der Waals surface area contributed by atoms with E-state index in [4.69, 9.17) is 10.5 Å². The Bertz CT molecular complexity index is 485. The van der Waals surface area contributed by atoms with Gasteiger partial charge in [-0.1, -0.05) is 12.1 Å². The fraction of sp³-hybridized carbons (Fsp3) is 0.562. The van der Waals surface area contributed by atoms with Crippen LogP contribution in [0.2, 0.25) is 0 Å². The smallest absolute Gasteiger partial charge is 0.189 e. The molecule has 4 heteroatoms. The van der Waals surface area contributed by atoms with Gasteiger partial charge < -0.3 is 15.8 Å². The summed E-state index contributed by atoms with van der Waals surface area (Å²) in [6.07, 6.45) is 2.11. The van der Waals surface area contributed by atoms with Crippen LogP contribution in [0.5, 0.6) is 5.75 Å². The lowest BCUT2D eigenvalue weighted by molar-refractivity contribution is 0.349. The third-order valence-corrected chi connectivity index (χ3v) is 3.50. The molecule has 1 aliphatic rings. The van der Waals surface area contributed by atoms with Gasteiger partial charge in [0.2, 0.25) is 0 Å². The quantitative estimate of drug-likeness (QED) is 0.658. The molecule has 0 aromatic heterocycles. The summed E-state index contributed by atoms with van der Waals surface area (Å²) in [7, 11) is 1.70. The first-order chi connectivity index (χ1) is 9.37. The molecule has 2 rings (SSSR count). The van der Waals surface area contributed by atoms with E-state index in [0.717, 1.165) is 18.6 Å². The van der Waals surface area contributed by atoms with Crippen LogP contribution in [0, 0.1) is 0 Å². The highest BCUT2D eigenvalue weighted by molar-refractivity contribution is 5.78. The van der Waals surface area contributed by atoms with Crippen LogP contribution in [-0.4, -0.2) is 24.7 Å². The van der Waals surface area contributed by atoms with E-state index < -0.39 is 0 Å². The third kappa shape index (κ3) is 3.89. The molecule has 1 aliphatic carbocycles. The van der Waals surface area contributed by atoms with Crippen LogP contribution in [0.1, 0.15) is 45.1 Å². The molecule has 1 aromatic carbocycles. The second kappa shape index (κ2) is 5.73. The summed E-state index contributed by atoms with van der Waals surface area (Å²) >= 11 is 0. The molecular weight excluding hydrogens is 250 g/mol. The number of nitrogens with zero attached hydrogens (tertiary/aromatic N) is 1. The SMILES string of the molecule is COc1cccc(C2CC(N=C(N)NC(C)(C)C)C2)c1. The lowest BCUT2D eigenvalue weighted by Crippen LogP contribution is -2.46. The van der Waals surface area contributed by atoms with E-state index in [9.17, 15) is 0 Å². The predicted octanol–water partition coefficient (Wildman–Crippen LogP) is 2.64. The molecule has 1 aromatic rings. The van der Waals surface area contributed by atoms with Crippen molar-refractivity contribution in [2.24, 2.45) is 10.7 Å². The molecule has 1 fully saturated rings. The highest BCUT2D eigenvalue weighted by atomic mass is 16.5. The third-order valence-electron chi connectivity index (χ3n) is 3.50. The van der Waals surface area contributed by atoms with Gasteiger partial charge in [-0.3, -0.25) is 4.99 Å². The molecule has 0 amide bonds. The van der Waals surface area contributed by atoms with E-state index in [2.05, 4.69) is 43.2 Å². The highest BCUT2D eigenvalue weighted by Crippen LogP contribution is 2.39. The lowest BCUT2D eigenvalue weighted by Gasteiger charge is -2.34. The number of hydrogen-bond donors (Lipinski definition) is 2. The van der Waals surface area contributed by atoms with Crippen LogP contribution >= 0.6 is 0 Å². The number of aliphatic imine (C=N–C) groups is 1. The first-order valence-electron chi connectivity index (χ1n) is 7.13. The first-order valence-corrected chi connectivity index (χ1v) is 7.13. The van der Waals surface area contributed by atoms with Gasteiger partial charge in [0.15, 0.2) is 5.96 Å². The second-order valence-corrected chi connectivity index (χ2v) is 6.49. The van der Waals surface area contributed by atoms with Gasteiger partial charge in [0.25, 0.3) is 0 Å². The van der Waals surface area contributed by atoms with Crippen LogP contribution < -0.4 is 15.8 Å². The number of hydrogen-bond acceptors (Lipinski definition) is 2. The Morgan fingerprint density at radius 2 is 2.05 bits per heavy atom. The van der Waals surface area contributed by atoms with Crippen LogP contribution in [0.3, 0.4) is 0 Å². The monoisotopic (exact) mass is 275 g/mol. The largest absolute Gasteiger partial charge is 0.497 e. The summed E-state index contributed by atoms with van der Waals surface area (Å²) in [5.74, 6) is 2.04. The molecule has 0 atom stereocenters. The molecule has 4 nitrogen and oxygen atoms in total. The number of guanidine groups is 1. The van der Waals surface area contributed by atoms with Crippen molar-refractivity contribution in [3.63, 3.8) is 0 Å². The van der Waals surface area contributed by atoms with Gasteiger partial charge in [-0.25, -0.2) is 0 Å². The summed E-state index contributed by atoms with van der Waals surface area (Å²) in [5, 5.41) is 3.20. The molecule has 0 unspecified atom stereocenters. The van der Waals surface area contributed by atoms with Crippen LogP contribution in [0.15, 0.2) is 29.3 Å². The van der Waals surface area contributed by atoms with E-state index in [1.165, 1.54) is 5.56 Å². The molecule has 0 radical (unpaired) electrons. The summed E-state index contributed by atoms with van der Waals surface area (Å²) < 4.78 is 5.26. The summed E-state index contributed by atoms with van der Waals surface area (Å²) in [4.78, 5) is 4.54. The Labute approximate surface area is 121 Å². The fourth-order valence-corrected chi connectivity index (χ4v) is 2.47. The van der Waals surface area contributed by atoms with Gasteiger partial charge in [0.1, 0.15) is 5.75 Å². The lowest BCUT2D eigenvalue weighted by atomic mass is 9.76. The minimum atomic E-state index is -0.0382. The van der Waals surface area contributed by atoms with Crippen molar-refractivity contribution in [1.82, 2.24) is 5.32 Å². The number of ether oxygens (including phenoxy) is 1. The van der Waals surface area contributed by atoms with Gasteiger partial charge in [-0.15, -0.1) is 0 Å². The molecule has 0 saturated heterocycles. The van der Waals surface area contributed by atoms with E-state index in [0.29, 0.717) is 17.9 Å². The topological polar surface area (TPSA) is 59.6 Å². The minimum Gasteiger partial charge on any atom is -0.497 e. The van der Waals surface area contributed by atoms with E-state index in [-0.39, 0.29) is 5.54 Å². The number of methoxy groups -OCH3 is 1. The van der Waals surface area contributed by atoms with Gasteiger partial charge in [-0.2, -0.15) is 0 Å². The average molecular weight is 275 g/mol. The second-order valence-electron chi connectivity index (χ2n) is 6.49. The van der Waals surface area contributed by atoms with Crippen molar-refractivity contribution >= 4 is 5.96 Å². The zero-order chi connectivity index (χ0) is 14.8. The normalized spacial score (nSPS) is 23.1. The van der Waals surface area contributed by atoms with Crippen molar-refractivity contribution in [1.29, 1.82) is 0 Å². The van der Waals surface area contributed by atoms with Gasteiger partial charge in [-0.05, 0) is 57.2 Å². The Morgan fingerprint density at radius 1 is 1.35 bits per heavy atom. The highest BCUT2D eigenvalue weighted by Gasteiger charge is 2.30. The van der Waals surface area contributed by atoms with E-state index in [1.807, 2.05) is 12.1 Å². The van der Waals surface area contributed by atoms with Gasteiger partial charge in [0, 0.05) is 5.54 Å². The van der Waals surface area contributed by atoms with Crippen molar-refractivity contribution < 1.29 is 4.74 Å². The maximum Gasteiger partial charge on any atom is 0.189 e. The molecule has 20 heavy (non-hydrogen) atoms. The molecule has 0 bridgehead atoms. The summed E-state index contributed by atoms with van der Waals surface area (Å²) in [6.45, 7) is 6.24. The minimum absolute atomic E-state index is 0.0382. The van der Waals surface area contributed by atoms with Crippen LogP contribution in [-0.2, 0) is 0 Å². The van der Waals surface area contributed by atoms with Crippen molar-refractivity contribution in [2.45, 2.75) is 51.1 Å². The maximum absolute atomic E-state index is 5.92. The van der Waals surface area contributed by atoms with Gasteiger partial charge in [0.05, 0.1) is 13.2 Å². The van der Waals surface area contributed by atoms with E-state index >= 15 is 0 Å². The molecule has 3 N–H and O–H groups in total. The number of rotatable bonds is 3. The standard InChI is InChI=1S/C16H25N3O/c1-16(2,3)19-15(17)18-13-8-12(9-13)11-6-5-7-14(10-11)20-4/h5-7,10,12-13H,8-9H2,1-4H3,(H3,17,18,19). The fourth-order valence-electron chi connectivity index (χ4n) is 2.47. The maximum atomic E-state index is 5.92. The first kappa shape index (κ1) is 14.7. The Hall–Kier alpha value is -1.71. The Balaban J connectivity index is 1.89. The summed E-state index contributed by atoms with van der Waals surface area (Å²) in [5.41, 5.74) is 7.21. The Morgan fingerprint density at radius 3 is 2.65 bits per heavy atom. The van der Waals surface area contributed by atoms with Crippen LogP contribution in [0.4, 0.5) is 0 Å².